The lowest BCUT2D eigenvalue weighted by Gasteiger charge is -2.11. The highest BCUT2D eigenvalue weighted by Crippen LogP contribution is 2.32. The van der Waals surface area contributed by atoms with Crippen LogP contribution in [0.3, 0.4) is 0 Å². The van der Waals surface area contributed by atoms with Gasteiger partial charge >= 0.3 is 10.1 Å². The van der Waals surface area contributed by atoms with Gasteiger partial charge in [0, 0.05) is 24.0 Å². The topological polar surface area (TPSA) is 150 Å². The summed E-state index contributed by atoms with van der Waals surface area (Å²) < 4.78 is 35.4. The number of pyridine rings is 1. The second-order valence-corrected chi connectivity index (χ2v) is 7.62. The Labute approximate surface area is 182 Å². The normalized spacial score (nSPS) is 11.2. The number of rotatable bonds is 8. The maximum atomic E-state index is 12.6. The molecule has 0 fully saturated rings. The summed E-state index contributed by atoms with van der Waals surface area (Å²) in [6.45, 7) is 0. The molecular weight excluding hydrogens is 440 g/mol. The van der Waals surface area contributed by atoms with Crippen molar-refractivity contribution in [1.29, 1.82) is 0 Å². The number of amides is 1. The minimum atomic E-state index is -4.51. The summed E-state index contributed by atoms with van der Waals surface area (Å²) >= 11 is 0. The molecule has 0 radical (unpaired) electrons. The van der Waals surface area contributed by atoms with E-state index in [1.165, 1.54) is 68.2 Å². The van der Waals surface area contributed by atoms with E-state index in [9.17, 15) is 23.3 Å². The van der Waals surface area contributed by atoms with Gasteiger partial charge in [-0.05, 0) is 42.0 Å². The van der Waals surface area contributed by atoms with E-state index in [0.29, 0.717) is 11.1 Å². The molecule has 0 spiro atoms. The molecule has 0 saturated heterocycles. The van der Waals surface area contributed by atoms with Crippen LogP contribution in [0.1, 0.15) is 15.9 Å². The third-order valence-electron chi connectivity index (χ3n) is 4.04. The summed E-state index contributed by atoms with van der Waals surface area (Å²) in [5, 5.41) is 15.0. The monoisotopic (exact) mass is 456 g/mol. The summed E-state index contributed by atoms with van der Waals surface area (Å²) in [6.07, 6.45) is 4.27. The lowest BCUT2D eigenvalue weighted by molar-refractivity contribution is -0.387. The Kier molecular flexibility index (Phi) is 6.75. The predicted molar refractivity (Wildman–Crippen MR) is 113 cm³/mol. The van der Waals surface area contributed by atoms with Gasteiger partial charge in [0.1, 0.15) is 0 Å². The highest BCUT2D eigenvalue weighted by atomic mass is 32.2. The highest BCUT2D eigenvalue weighted by molar-refractivity contribution is 7.87. The summed E-state index contributed by atoms with van der Waals surface area (Å²) in [4.78, 5) is 25.5. The van der Waals surface area contributed by atoms with Gasteiger partial charge in [-0.1, -0.05) is 12.1 Å². The van der Waals surface area contributed by atoms with Gasteiger partial charge in [0.05, 0.1) is 18.2 Å². The zero-order chi connectivity index (χ0) is 23.1. The first-order valence-electron chi connectivity index (χ1n) is 8.91. The van der Waals surface area contributed by atoms with Gasteiger partial charge in [-0.25, -0.2) is 5.43 Å². The largest absolute Gasteiger partial charge is 0.493 e. The van der Waals surface area contributed by atoms with Gasteiger partial charge in [0.15, 0.2) is 16.4 Å². The fourth-order valence-electron chi connectivity index (χ4n) is 2.55. The smallest absolute Gasteiger partial charge is 0.346 e. The molecule has 2 aromatic carbocycles. The Balaban J connectivity index is 1.78. The van der Waals surface area contributed by atoms with Crippen LogP contribution in [0.4, 0.5) is 5.69 Å². The fraction of sp³-hybridized carbons (Fsp3) is 0.0500. The molecule has 1 heterocycles. The summed E-state index contributed by atoms with van der Waals surface area (Å²) in [7, 11) is -3.21. The SMILES string of the molecule is COc1cc(/C=N/NC(=O)c2ccncc2)ccc1OS(=O)(=O)c1ccccc1[N+](=O)[O-]. The number of para-hydroxylation sites is 1. The molecule has 3 aromatic rings. The van der Waals surface area contributed by atoms with Crippen molar-refractivity contribution in [3.63, 3.8) is 0 Å². The molecule has 12 heteroatoms. The van der Waals surface area contributed by atoms with Crippen LogP contribution in [-0.4, -0.2) is 37.6 Å². The van der Waals surface area contributed by atoms with Crippen LogP contribution in [0.5, 0.6) is 11.5 Å². The van der Waals surface area contributed by atoms with E-state index < -0.39 is 31.5 Å². The molecule has 0 saturated carbocycles. The number of carbonyl (C=O) groups is 1. The molecule has 0 atom stereocenters. The summed E-state index contributed by atoms with van der Waals surface area (Å²) in [6, 6.07) is 12.1. The van der Waals surface area contributed by atoms with E-state index in [0.717, 1.165) is 12.1 Å². The minimum Gasteiger partial charge on any atom is -0.493 e. The number of hydrogen-bond donors (Lipinski definition) is 1. The van der Waals surface area contributed by atoms with E-state index in [1.54, 1.807) is 0 Å². The maximum Gasteiger partial charge on any atom is 0.346 e. The van der Waals surface area contributed by atoms with Crippen LogP contribution in [-0.2, 0) is 10.1 Å². The van der Waals surface area contributed by atoms with E-state index in [2.05, 4.69) is 15.5 Å². The van der Waals surface area contributed by atoms with E-state index in [-0.39, 0.29) is 11.5 Å². The number of hydrogen-bond acceptors (Lipinski definition) is 9. The molecule has 164 valence electrons. The first-order valence-corrected chi connectivity index (χ1v) is 10.3. The number of nitrogens with zero attached hydrogens (tertiary/aromatic N) is 3. The molecule has 32 heavy (non-hydrogen) atoms. The van der Waals surface area contributed by atoms with Gasteiger partial charge in [0.2, 0.25) is 0 Å². The summed E-state index contributed by atoms with van der Waals surface area (Å²) in [5.74, 6) is -0.577. The fourth-order valence-corrected chi connectivity index (χ4v) is 3.66. The van der Waals surface area contributed by atoms with Gasteiger partial charge < -0.3 is 8.92 Å². The van der Waals surface area contributed by atoms with Crippen molar-refractivity contribution in [2.75, 3.05) is 7.11 Å². The van der Waals surface area contributed by atoms with Crippen LogP contribution < -0.4 is 14.3 Å². The second-order valence-electron chi connectivity index (χ2n) is 6.11. The predicted octanol–water partition coefficient (Wildman–Crippen LogP) is 2.53. The van der Waals surface area contributed by atoms with Crippen molar-refractivity contribution in [2.45, 2.75) is 4.90 Å². The second kappa shape index (κ2) is 9.66. The zero-order valence-electron chi connectivity index (χ0n) is 16.5. The molecular formula is C20H16N4O7S. The molecule has 3 rings (SSSR count). The summed E-state index contributed by atoms with van der Waals surface area (Å²) in [5.41, 5.74) is 2.57. The Morgan fingerprint density at radius 3 is 2.53 bits per heavy atom. The van der Waals surface area contributed by atoms with E-state index in [1.807, 2.05) is 0 Å². The van der Waals surface area contributed by atoms with Crippen molar-refractivity contribution in [3.05, 3.63) is 88.2 Å². The third-order valence-corrected chi connectivity index (χ3v) is 5.32. The van der Waals surface area contributed by atoms with Crippen molar-refractivity contribution in [2.24, 2.45) is 5.10 Å². The molecule has 0 aliphatic rings. The number of nitrogens with one attached hydrogen (secondary N) is 1. The molecule has 0 aliphatic heterocycles. The highest BCUT2D eigenvalue weighted by Gasteiger charge is 2.28. The molecule has 1 N–H and O–H groups in total. The molecule has 1 amide bonds. The number of carbonyl (C=O) groups excluding carboxylic acids is 1. The zero-order valence-corrected chi connectivity index (χ0v) is 17.4. The Morgan fingerprint density at radius 1 is 1.12 bits per heavy atom. The Morgan fingerprint density at radius 2 is 1.84 bits per heavy atom. The van der Waals surface area contributed by atoms with Crippen LogP contribution >= 0.6 is 0 Å². The molecule has 0 aliphatic carbocycles. The first-order chi connectivity index (χ1) is 15.3. The number of nitro groups is 1. The van der Waals surface area contributed by atoms with E-state index in [4.69, 9.17) is 8.92 Å². The number of nitro benzene ring substituents is 1. The van der Waals surface area contributed by atoms with Crippen LogP contribution in [0.15, 0.2) is 77.0 Å². The van der Waals surface area contributed by atoms with Gasteiger partial charge in [0.25, 0.3) is 11.6 Å². The van der Waals surface area contributed by atoms with Crippen LogP contribution in [0.2, 0.25) is 0 Å². The minimum absolute atomic E-state index is 0.0385. The third kappa shape index (κ3) is 5.23. The van der Waals surface area contributed by atoms with E-state index >= 15 is 0 Å². The Bertz CT molecular complexity index is 1280. The van der Waals surface area contributed by atoms with Crippen molar-refractivity contribution in [1.82, 2.24) is 10.4 Å². The van der Waals surface area contributed by atoms with Crippen LogP contribution in [0.25, 0.3) is 0 Å². The number of ether oxygens (including phenoxy) is 1. The van der Waals surface area contributed by atoms with Crippen molar-refractivity contribution in [3.8, 4) is 11.5 Å². The quantitative estimate of drug-likeness (QED) is 0.235. The van der Waals surface area contributed by atoms with Crippen molar-refractivity contribution >= 4 is 27.9 Å². The Hall–Kier alpha value is -4.32. The molecule has 0 unspecified atom stereocenters. The van der Waals surface area contributed by atoms with Crippen LogP contribution in [0, 0.1) is 10.1 Å². The number of methoxy groups -OCH3 is 1. The first kappa shape index (κ1) is 22.4. The van der Waals surface area contributed by atoms with Gasteiger partial charge in [-0.2, -0.15) is 13.5 Å². The average molecular weight is 456 g/mol. The number of hydrazone groups is 1. The maximum absolute atomic E-state index is 12.6. The standard InChI is InChI=1S/C20H16N4O7S/c1-30-18-12-14(13-22-23-20(25)15-8-10-21-11-9-15)6-7-17(18)31-32(28,29)19-5-3-2-4-16(19)24(26)27/h2-13H,1H3,(H,23,25)/b22-13+. The van der Waals surface area contributed by atoms with Crippen molar-refractivity contribution < 1.29 is 27.1 Å². The van der Waals surface area contributed by atoms with Gasteiger partial charge in [-0.3, -0.25) is 19.9 Å². The lowest BCUT2D eigenvalue weighted by Crippen LogP contribution is -2.17. The number of benzene rings is 2. The average Bonchev–Trinajstić information content (AvgIpc) is 2.80. The molecule has 1 aromatic heterocycles. The molecule has 0 bridgehead atoms. The van der Waals surface area contributed by atoms with Gasteiger partial charge in [-0.15, -0.1) is 0 Å². The lowest BCUT2D eigenvalue weighted by atomic mass is 10.2. The number of aromatic nitrogens is 1. The molecule has 11 nitrogen and oxygen atoms in total.